The topological polar surface area (TPSA) is 111 Å². The highest BCUT2D eigenvalue weighted by Gasteiger charge is 2.20. The van der Waals surface area contributed by atoms with Crippen molar-refractivity contribution in [3.05, 3.63) is 53.9 Å². The van der Waals surface area contributed by atoms with Crippen LogP contribution < -0.4 is 20.8 Å². The van der Waals surface area contributed by atoms with Gasteiger partial charge in [0.2, 0.25) is 5.95 Å². The van der Waals surface area contributed by atoms with E-state index in [9.17, 15) is 0 Å². The van der Waals surface area contributed by atoms with E-state index in [1.165, 1.54) is 0 Å². The van der Waals surface area contributed by atoms with Crippen LogP contribution in [-0.2, 0) is 4.74 Å². The van der Waals surface area contributed by atoms with E-state index >= 15 is 0 Å². The molecule has 9 heteroatoms. The molecule has 1 aliphatic rings. The number of anilines is 1. The molecule has 3 N–H and O–H groups in total. The van der Waals surface area contributed by atoms with E-state index in [-0.39, 0.29) is 6.01 Å². The molecule has 30 heavy (non-hydrogen) atoms. The Balaban J connectivity index is 1.72. The zero-order valence-corrected chi connectivity index (χ0v) is 16.9. The van der Waals surface area contributed by atoms with E-state index in [4.69, 9.17) is 15.3 Å². The van der Waals surface area contributed by atoms with Crippen molar-refractivity contribution in [3.63, 3.8) is 0 Å². The summed E-state index contributed by atoms with van der Waals surface area (Å²) in [6.45, 7) is 3.76. The van der Waals surface area contributed by atoms with Crippen LogP contribution in [0, 0.1) is 0 Å². The van der Waals surface area contributed by atoms with Crippen molar-refractivity contribution in [3.8, 4) is 6.01 Å². The Morgan fingerprint density at radius 2 is 1.93 bits per heavy atom. The van der Waals surface area contributed by atoms with Crippen LogP contribution in [0.3, 0.4) is 0 Å². The fourth-order valence-corrected chi connectivity index (χ4v) is 3.26. The number of rotatable bonds is 7. The number of ether oxygens (including phenoxy) is 2. The Hall–Kier alpha value is -3.30. The lowest BCUT2D eigenvalue weighted by Crippen LogP contribution is -2.38. The minimum absolute atomic E-state index is 0.249. The number of nitrogens with zero attached hydrogens (tertiary/aromatic N) is 5. The molecule has 1 fully saturated rings. The average Bonchev–Trinajstić information content (AvgIpc) is 2.80. The number of benzene rings is 2. The van der Waals surface area contributed by atoms with Crippen molar-refractivity contribution < 1.29 is 9.47 Å². The van der Waals surface area contributed by atoms with Gasteiger partial charge in [0.05, 0.1) is 13.2 Å². The lowest BCUT2D eigenvalue weighted by Gasteiger charge is -2.27. The van der Waals surface area contributed by atoms with Crippen molar-refractivity contribution in [1.82, 2.24) is 20.3 Å². The predicted molar refractivity (Wildman–Crippen MR) is 116 cm³/mol. The summed E-state index contributed by atoms with van der Waals surface area (Å²) in [6, 6.07) is 14.4. The van der Waals surface area contributed by atoms with Gasteiger partial charge >= 0.3 is 6.01 Å². The van der Waals surface area contributed by atoms with Crippen LogP contribution in [0.4, 0.5) is 5.95 Å². The van der Waals surface area contributed by atoms with Gasteiger partial charge in [-0.1, -0.05) is 36.4 Å². The highest BCUT2D eigenvalue weighted by atomic mass is 16.5. The Labute approximate surface area is 174 Å². The van der Waals surface area contributed by atoms with Crippen LogP contribution in [0.1, 0.15) is 11.4 Å². The minimum atomic E-state index is 0.249. The maximum atomic E-state index is 5.78. The molecule has 0 radical (unpaired) electrons. The summed E-state index contributed by atoms with van der Waals surface area (Å²) in [5.74, 6) is 6.69. The van der Waals surface area contributed by atoms with Gasteiger partial charge in [0, 0.05) is 25.2 Å². The molecule has 1 aromatic heterocycles. The smallest absolute Gasteiger partial charge is 0.321 e. The molecule has 2 aromatic carbocycles. The van der Waals surface area contributed by atoms with Gasteiger partial charge in [-0.3, -0.25) is 0 Å². The Kier molecular flexibility index (Phi) is 6.31. The molecule has 2 heterocycles. The first-order valence-corrected chi connectivity index (χ1v) is 9.92. The van der Waals surface area contributed by atoms with Gasteiger partial charge in [0.15, 0.2) is 5.82 Å². The van der Waals surface area contributed by atoms with E-state index in [1.807, 2.05) is 48.3 Å². The van der Waals surface area contributed by atoms with Gasteiger partial charge in [0.1, 0.15) is 12.3 Å². The Morgan fingerprint density at radius 1 is 1.13 bits per heavy atom. The molecule has 0 spiro atoms. The van der Waals surface area contributed by atoms with Crippen molar-refractivity contribution >= 4 is 22.4 Å². The summed E-state index contributed by atoms with van der Waals surface area (Å²) in [7, 11) is 1.86. The first kappa shape index (κ1) is 20.0. The maximum Gasteiger partial charge on any atom is 0.321 e. The standard InChI is InChI=1S/C21H25N7O2/c1-23-8-11-30-21-25-19(24-20(26-21)28-9-12-29-13-10-28)18(27-22)17-7-6-15-4-2-3-5-16(15)14-17/h2-7,14,23H,8-13,22H2,1H3/b27-18-. The molecule has 0 bridgehead atoms. The quantitative estimate of drug-likeness (QED) is 0.260. The third-order valence-electron chi connectivity index (χ3n) is 4.84. The Bertz CT molecular complexity index is 1030. The van der Waals surface area contributed by atoms with Crippen LogP contribution in [0.15, 0.2) is 47.6 Å². The summed E-state index contributed by atoms with van der Waals surface area (Å²) >= 11 is 0. The number of hydrogen-bond donors (Lipinski definition) is 2. The fourth-order valence-electron chi connectivity index (χ4n) is 3.26. The molecular weight excluding hydrogens is 382 g/mol. The average molecular weight is 407 g/mol. The number of fused-ring (bicyclic) bond motifs is 1. The summed E-state index contributed by atoms with van der Waals surface area (Å²) in [5.41, 5.74) is 1.31. The monoisotopic (exact) mass is 407 g/mol. The second kappa shape index (κ2) is 9.47. The number of likely N-dealkylation sites (N-methyl/N-ethyl adjacent to an activating group) is 1. The molecule has 0 amide bonds. The number of morpholine rings is 1. The van der Waals surface area contributed by atoms with E-state index in [0.29, 0.717) is 56.9 Å². The van der Waals surface area contributed by atoms with Gasteiger partial charge in [0.25, 0.3) is 0 Å². The highest BCUT2D eigenvalue weighted by molar-refractivity contribution is 6.12. The van der Waals surface area contributed by atoms with Gasteiger partial charge in [-0.25, -0.2) is 0 Å². The summed E-state index contributed by atoms with van der Waals surface area (Å²) in [4.78, 5) is 15.7. The molecule has 156 valence electrons. The molecule has 9 nitrogen and oxygen atoms in total. The molecule has 0 saturated carbocycles. The summed E-state index contributed by atoms with van der Waals surface area (Å²) < 4.78 is 11.2. The second-order valence-electron chi connectivity index (χ2n) is 6.83. The largest absolute Gasteiger partial charge is 0.462 e. The molecule has 0 atom stereocenters. The van der Waals surface area contributed by atoms with Crippen LogP contribution in [-0.4, -0.2) is 67.2 Å². The van der Waals surface area contributed by atoms with Gasteiger partial charge < -0.3 is 25.5 Å². The summed E-state index contributed by atoms with van der Waals surface area (Å²) in [5, 5.41) is 9.28. The number of nitrogens with one attached hydrogen (secondary N) is 1. The van der Waals surface area contributed by atoms with E-state index in [0.717, 1.165) is 16.3 Å². The maximum absolute atomic E-state index is 5.78. The van der Waals surface area contributed by atoms with Gasteiger partial charge in [-0.05, 0) is 23.9 Å². The van der Waals surface area contributed by atoms with Crippen molar-refractivity contribution in [2.45, 2.75) is 0 Å². The molecule has 0 aliphatic carbocycles. The zero-order chi connectivity index (χ0) is 20.8. The van der Waals surface area contributed by atoms with E-state index in [1.54, 1.807) is 0 Å². The van der Waals surface area contributed by atoms with E-state index < -0.39 is 0 Å². The molecule has 1 aliphatic heterocycles. The van der Waals surface area contributed by atoms with Crippen LogP contribution in [0.25, 0.3) is 10.8 Å². The summed E-state index contributed by atoms with van der Waals surface area (Å²) in [6.07, 6.45) is 0. The predicted octanol–water partition coefficient (Wildman–Crippen LogP) is 1.17. The molecular formula is C21H25N7O2. The lowest BCUT2D eigenvalue weighted by molar-refractivity contribution is 0.122. The Morgan fingerprint density at radius 3 is 2.70 bits per heavy atom. The fraction of sp³-hybridized carbons (Fsp3) is 0.333. The minimum Gasteiger partial charge on any atom is -0.462 e. The first-order valence-electron chi connectivity index (χ1n) is 9.92. The SMILES string of the molecule is CNCCOc1nc(/C(=N\N)c2ccc3ccccc3c2)nc(N2CCOCC2)n1. The lowest BCUT2D eigenvalue weighted by atomic mass is 10.0. The number of hydrogen-bond acceptors (Lipinski definition) is 9. The molecule has 3 aromatic rings. The second-order valence-corrected chi connectivity index (χ2v) is 6.83. The van der Waals surface area contributed by atoms with Crippen LogP contribution in [0.5, 0.6) is 6.01 Å². The number of aromatic nitrogens is 3. The van der Waals surface area contributed by atoms with Gasteiger partial charge in [-0.15, -0.1) is 0 Å². The molecule has 0 unspecified atom stereocenters. The zero-order valence-electron chi connectivity index (χ0n) is 16.9. The highest BCUT2D eigenvalue weighted by Crippen LogP contribution is 2.20. The first-order chi connectivity index (χ1) is 14.8. The van der Waals surface area contributed by atoms with Crippen LogP contribution >= 0.6 is 0 Å². The molecule has 4 rings (SSSR count). The number of nitrogens with two attached hydrogens (primary N) is 1. The van der Waals surface area contributed by atoms with E-state index in [2.05, 4.69) is 31.4 Å². The van der Waals surface area contributed by atoms with Crippen molar-refractivity contribution in [2.75, 3.05) is 51.4 Å². The van der Waals surface area contributed by atoms with Gasteiger partial charge in [-0.2, -0.15) is 20.1 Å². The third kappa shape index (κ3) is 4.47. The normalized spacial score (nSPS) is 14.8. The van der Waals surface area contributed by atoms with Crippen molar-refractivity contribution in [1.29, 1.82) is 0 Å². The number of hydrazone groups is 1. The van der Waals surface area contributed by atoms with Crippen LogP contribution in [0.2, 0.25) is 0 Å². The van der Waals surface area contributed by atoms with Crippen molar-refractivity contribution in [2.24, 2.45) is 10.9 Å². The molecule has 1 saturated heterocycles. The third-order valence-corrected chi connectivity index (χ3v) is 4.84.